The van der Waals surface area contributed by atoms with Crippen molar-refractivity contribution in [3.05, 3.63) is 42.2 Å². The lowest BCUT2D eigenvalue weighted by molar-refractivity contribution is -0.925. The number of aromatic nitrogens is 1. The Kier molecular flexibility index (Phi) is 4.60. The second kappa shape index (κ2) is 6.36. The lowest BCUT2D eigenvalue weighted by Gasteiger charge is -2.50. The summed E-state index contributed by atoms with van der Waals surface area (Å²) in [6.07, 6.45) is 6.04. The van der Waals surface area contributed by atoms with E-state index in [-0.39, 0.29) is 29.9 Å². The maximum Gasteiger partial charge on any atom is 0.252 e. The number of likely N-dealkylation sites (N-methyl/N-ethyl adjacent to an activating group) is 1. The maximum atomic E-state index is 12.8. The smallest absolute Gasteiger partial charge is 0.252 e. The Morgan fingerprint density at radius 3 is 2.78 bits per heavy atom. The molecule has 3 saturated heterocycles. The molecule has 3 aliphatic heterocycles. The number of rotatable bonds is 2. The summed E-state index contributed by atoms with van der Waals surface area (Å²) in [4.78, 5) is 16.9. The first-order chi connectivity index (χ1) is 10.6. The summed E-state index contributed by atoms with van der Waals surface area (Å²) in [6, 6.07) is 8.09. The summed E-state index contributed by atoms with van der Waals surface area (Å²) in [6.45, 7) is 3.59. The third-order valence-corrected chi connectivity index (χ3v) is 5.53. The molecule has 1 amide bonds. The van der Waals surface area contributed by atoms with Crippen molar-refractivity contribution in [3.8, 4) is 0 Å². The summed E-state index contributed by atoms with van der Waals surface area (Å²) in [5.41, 5.74) is 0.763. The van der Waals surface area contributed by atoms with E-state index in [0.717, 1.165) is 27.4 Å². The first-order valence-corrected chi connectivity index (χ1v) is 8.12. The van der Waals surface area contributed by atoms with Gasteiger partial charge in [0.1, 0.15) is 0 Å². The number of benzene rings is 1. The fourth-order valence-electron chi connectivity index (χ4n) is 4.15. The van der Waals surface area contributed by atoms with Crippen molar-refractivity contribution in [2.45, 2.75) is 18.9 Å². The average molecular weight is 423 g/mol. The molecular weight excluding hydrogens is 401 g/mol. The summed E-state index contributed by atoms with van der Waals surface area (Å²) < 4.78 is 1.11. The number of nitrogens with one attached hydrogen (secondary N) is 1. The molecule has 3 aliphatic rings. The fraction of sp³-hybridized carbons (Fsp3) is 0.444. The van der Waals surface area contributed by atoms with Crippen LogP contribution >= 0.6 is 0 Å². The monoisotopic (exact) mass is 423 g/mol. The quantitative estimate of drug-likeness (QED) is 0.508. The summed E-state index contributed by atoms with van der Waals surface area (Å²) in [7, 11) is 2.32. The minimum Gasteiger partial charge on any atom is -1.00 e. The third kappa shape index (κ3) is 3.08. The van der Waals surface area contributed by atoms with Gasteiger partial charge in [-0.3, -0.25) is 9.78 Å². The van der Waals surface area contributed by atoms with E-state index in [1.807, 2.05) is 30.5 Å². The molecule has 0 radical (unpaired) electrons. The number of amides is 1. The number of halogens is 1. The second-order valence-corrected chi connectivity index (χ2v) is 7.07. The van der Waals surface area contributed by atoms with Gasteiger partial charge in [0.25, 0.3) is 5.91 Å². The van der Waals surface area contributed by atoms with Gasteiger partial charge in [0.2, 0.25) is 0 Å². The standard InChI is InChI=1S/C18H21N3O.HI/c1-21-9-6-13(7-10-21)17(12-21)20-18(22)16-4-2-3-14-11-19-8-5-15(14)16;/h2-5,8,11,13,17H,6-7,9-10,12H2,1H3;1H. The molecule has 4 heterocycles. The zero-order valence-electron chi connectivity index (χ0n) is 13.3. The molecule has 5 rings (SSSR count). The molecule has 122 valence electrons. The Bertz CT molecular complexity index is 720. The van der Waals surface area contributed by atoms with E-state index in [2.05, 4.69) is 17.3 Å². The van der Waals surface area contributed by atoms with Gasteiger partial charge in [0.15, 0.2) is 0 Å². The van der Waals surface area contributed by atoms with Crippen LogP contribution in [0.1, 0.15) is 23.2 Å². The van der Waals surface area contributed by atoms with E-state index >= 15 is 0 Å². The average Bonchev–Trinajstić information content (AvgIpc) is 2.54. The van der Waals surface area contributed by atoms with E-state index in [1.165, 1.54) is 25.9 Å². The van der Waals surface area contributed by atoms with Gasteiger partial charge >= 0.3 is 0 Å². The van der Waals surface area contributed by atoms with Crippen molar-refractivity contribution >= 4 is 16.7 Å². The number of nitrogens with zero attached hydrogens (tertiary/aromatic N) is 2. The van der Waals surface area contributed by atoms with Gasteiger partial charge in [0.05, 0.1) is 32.7 Å². The van der Waals surface area contributed by atoms with E-state index in [9.17, 15) is 4.79 Å². The number of carbonyl (C=O) groups excluding carboxylic acids is 1. The third-order valence-electron chi connectivity index (χ3n) is 5.53. The minimum absolute atomic E-state index is 0. The summed E-state index contributed by atoms with van der Waals surface area (Å²) >= 11 is 0. The lowest BCUT2D eigenvalue weighted by atomic mass is 9.82. The van der Waals surface area contributed by atoms with Crippen LogP contribution in [0.25, 0.3) is 10.8 Å². The molecule has 23 heavy (non-hydrogen) atoms. The van der Waals surface area contributed by atoms with Gasteiger partial charge in [-0.25, -0.2) is 0 Å². The molecule has 2 aromatic rings. The molecule has 1 aromatic carbocycles. The zero-order valence-corrected chi connectivity index (χ0v) is 15.5. The Labute approximate surface area is 153 Å². The zero-order chi connectivity index (χ0) is 15.2. The number of hydrogen-bond donors (Lipinski definition) is 1. The molecule has 1 atom stereocenters. The highest BCUT2D eigenvalue weighted by Gasteiger charge is 2.43. The number of quaternary nitrogens is 1. The highest BCUT2D eigenvalue weighted by molar-refractivity contribution is 6.06. The molecule has 5 heteroatoms. The topological polar surface area (TPSA) is 42.0 Å². The predicted octanol–water partition coefficient (Wildman–Crippen LogP) is -0.793. The van der Waals surface area contributed by atoms with E-state index < -0.39 is 0 Å². The fourth-order valence-corrected chi connectivity index (χ4v) is 4.15. The van der Waals surface area contributed by atoms with E-state index in [1.54, 1.807) is 6.20 Å². The Balaban J connectivity index is 0.00000156. The number of pyridine rings is 1. The van der Waals surface area contributed by atoms with Gasteiger partial charge in [-0.1, -0.05) is 12.1 Å². The first kappa shape index (κ1) is 16.6. The van der Waals surface area contributed by atoms with Crippen molar-refractivity contribution in [2.75, 3.05) is 26.7 Å². The van der Waals surface area contributed by atoms with Crippen LogP contribution in [0, 0.1) is 5.92 Å². The molecule has 1 N–H and O–H groups in total. The van der Waals surface area contributed by atoms with Crippen molar-refractivity contribution in [3.63, 3.8) is 0 Å². The molecule has 1 aromatic heterocycles. The van der Waals surface area contributed by atoms with Crippen LogP contribution in [0.2, 0.25) is 0 Å². The van der Waals surface area contributed by atoms with Crippen LogP contribution in [-0.4, -0.2) is 48.1 Å². The Hall–Kier alpha value is -1.21. The number of hydrogen-bond acceptors (Lipinski definition) is 2. The summed E-state index contributed by atoms with van der Waals surface area (Å²) in [5, 5.41) is 5.31. The molecule has 0 saturated carbocycles. The van der Waals surface area contributed by atoms with Gasteiger partial charge in [-0.05, 0) is 23.4 Å². The van der Waals surface area contributed by atoms with Gasteiger partial charge in [-0.2, -0.15) is 0 Å². The van der Waals surface area contributed by atoms with Crippen LogP contribution in [0.4, 0.5) is 0 Å². The van der Waals surface area contributed by atoms with Crippen LogP contribution < -0.4 is 29.3 Å². The van der Waals surface area contributed by atoms with Crippen LogP contribution in [0.5, 0.6) is 0 Å². The molecular formula is C18H22IN3O. The SMILES string of the molecule is C[N+]12CCC(CC1)C(NC(=O)c1cccc3cnccc13)C2.[I-]. The normalized spacial score (nSPS) is 29.1. The molecule has 0 spiro atoms. The van der Waals surface area contributed by atoms with Crippen molar-refractivity contribution < 1.29 is 33.3 Å². The van der Waals surface area contributed by atoms with Crippen molar-refractivity contribution in [1.29, 1.82) is 0 Å². The predicted molar refractivity (Wildman–Crippen MR) is 86.5 cm³/mol. The van der Waals surface area contributed by atoms with E-state index in [4.69, 9.17) is 0 Å². The van der Waals surface area contributed by atoms with Crippen molar-refractivity contribution in [1.82, 2.24) is 10.3 Å². The molecule has 4 nitrogen and oxygen atoms in total. The largest absolute Gasteiger partial charge is 1.00 e. The maximum absolute atomic E-state index is 12.8. The minimum atomic E-state index is 0. The molecule has 2 bridgehead atoms. The van der Waals surface area contributed by atoms with Crippen LogP contribution in [-0.2, 0) is 0 Å². The molecule has 1 unspecified atom stereocenters. The number of carbonyl (C=O) groups is 1. The second-order valence-electron chi connectivity index (χ2n) is 7.07. The van der Waals surface area contributed by atoms with Crippen LogP contribution in [0.3, 0.4) is 0 Å². The van der Waals surface area contributed by atoms with E-state index in [0.29, 0.717) is 12.0 Å². The van der Waals surface area contributed by atoms with Gasteiger partial charge in [0, 0.05) is 36.2 Å². The Morgan fingerprint density at radius 1 is 1.26 bits per heavy atom. The van der Waals surface area contributed by atoms with Crippen molar-refractivity contribution in [2.24, 2.45) is 5.92 Å². The molecule has 3 fully saturated rings. The first-order valence-electron chi connectivity index (χ1n) is 8.12. The highest BCUT2D eigenvalue weighted by Crippen LogP contribution is 2.32. The number of fused-ring (bicyclic) bond motifs is 4. The van der Waals surface area contributed by atoms with Gasteiger partial charge < -0.3 is 33.8 Å². The summed E-state index contributed by atoms with van der Waals surface area (Å²) in [5.74, 6) is 0.711. The number of piperidine rings is 3. The Morgan fingerprint density at radius 2 is 2.04 bits per heavy atom. The lowest BCUT2D eigenvalue weighted by Crippen LogP contribution is -3.00. The van der Waals surface area contributed by atoms with Gasteiger partial charge in [-0.15, -0.1) is 0 Å². The molecule has 0 aliphatic carbocycles. The van der Waals surface area contributed by atoms with Crippen LogP contribution in [0.15, 0.2) is 36.7 Å². The highest BCUT2D eigenvalue weighted by atomic mass is 127.